The second-order valence-electron chi connectivity index (χ2n) is 6.79. The van der Waals surface area contributed by atoms with Gasteiger partial charge in [-0.15, -0.1) is 16.4 Å². The number of carbonyl (C=O) groups is 1. The predicted molar refractivity (Wildman–Crippen MR) is 126 cm³/mol. The lowest BCUT2D eigenvalue weighted by atomic mass is 10.1. The Bertz CT molecular complexity index is 1220. The fourth-order valence-electron chi connectivity index (χ4n) is 3.26. The Labute approximate surface area is 194 Å². The van der Waals surface area contributed by atoms with E-state index in [1.807, 2.05) is 53.9 Å². The molecule has 2 aromatic heterocycles. The second-order valence-corrected chi connectivity index (χ2v) is 8.57. The number of ether oxygens (including phenoxy) is 1. The topological polar surface area (TPSA) is 86.0 Å². The van der Waals surface area contributed by atoms with E-state index in [1.165, 1.54) is 23.1 Å². The first-order chi connectivity index (χ1) is 15.6. The molecule has 2 aromatic carbocycles. The molecule has 0 aliphatic heterocycles. The Hall–Kier alpha value is -3.24. The minimum atomic E-state index is -0.0698. The summed E-state index contributed by atoms with van der Waals surface area (Å²) in [6.07, 6.45) is 0.833. The number of rotatable bonds is 8. The van der Waals surface area contributed by atoms with E-state index < -0.39 is 0 Å². The number of tetrazole rings is 1. The summed E-state index contributed by atoms with van der Waals surface area (Å²) in [5.74, 6) is 1.18. The second kappa shape index (κ2) is 9.92. The van der Waals surface area contributed by atoms with E-state index in [-0.39, 0.29) is 5.91 Å². The van der Waals surface area contributed by atoms with Gasteiger partial charge in [0, 0.05) is 18.1 Å². The number of aryl methyl sites for hydroxylation is 1. The molecule has 0 spiro atoms. The Morgan fingerprint density at radius 1 is 1.19 bits per heavy atom. The van der Waals surface area contributed by atoms with Crippen LogP contribution < -0.4 is 9.64 Å². The molecular weight excluding hydrogens is 444 g/mol. The van der Waals surface area contributed by atoms with Gasteiger partial charge in [-0.2, -0.15) is 4.68 Å². The van der Waals surface area contributed by atoms with Crippen LogP contribution in [-0.2, 0) is 17.0 Å². The summed E-state index contributed by atoms with van der Waals surface area (Å²) in [5, 5.41) is 15.3. The van der Waals surface area contributed by atoms with E-state index in [4.69, 9.17) is 9.72 Å². The average molecular weight is 467 g/mol. The maximum absolute atomic E-state index is 12.5. The Kier molecular flexibility index (Phi) is 6.81. The van der Waals surface area contributed by atoms with Crippen LogP contribution in [0.5, 0.6) is 5.75 Å². The number of para-hydroxylation sites is 3. The normalized spacial score (nSPS) is 10.8. The summed E-state index contributed by atoms with van der Waals surface area (Å²) >= 11 is 2.92. The third-order valence-electron chi connectivity index (χ3n) is 4.76. The fourth-order valence-corrected chi connectivity index (χ4v) is 5.03. The van der Waals surface area contributed by atoms with Crippen LogP contribution in [0.25, 0.3) is 5.69 Å². The molecule has 8 nitrogen and oxygen atoms in total. The summed E-state index contributed by atoms with van der Waals surface area (Å²) in [6, 6.07) is 15.5. The van der Waals surface area contributed by atoms with E-state index >= 15 is 0 Å². The monoisotopic (exact) mass is 466 g/mol. The number of hydrogen-bond acceptors (Lipinski definition) is 8. The van der Waals surface area contributed by atoms with E-state index in [2.05, 4.69) is 22.4 Å². The zero-order valence-electron chi connectivity index (χ0n) is 17.9. The number of hydrogen-bond donors (Lipinski definition) is 0. The summed E-state index contributed by atoms with van der Waals surface area (Å²) < 4.78 is 7.08. The highest BCUT2D eigenvalue weighted by molar-refractivity contribution is 7.98. The number of amides is 1. The number of anilines is 2. The van der Waals surface area contributed by atoms with Crippen LogP contribution >= 0.6 is 23.1 Å². The van der Waals surface area contributed by atoms with Crippen molar-refractivity contribution in [3.8, 4) is 11.4 Å². The van der Waals surface area contributed by atoms with Crippen LogP contribution in [0.1, 0.15) is 25.1 Å². The van der Waals surface area contributed by atoms with Gasteiger partial charge in [0.1, 0.15) is 11.4 Å². The van der Waals surface area contributed by atoms with Crippen LogP contribution in [0.2, 0.25) is 0 Å². The number of aromatic nitrogens is 5. The maximum Gasteiger partial charge on any atom is 0.230 e. The highest BCUT2D eigenvalue weighted by Gasteiger charge is 2.21. The van der Waals surface area contributed by atoms with Gasteiger partial charge in [0.25, 0.3) is 0 Å². The van der Waals surface area contributed by atoms with Gasteiger partial charge in [0.15, 0.2) is 5.13 Å². The van der Waals surface area contributed by atoms with Crippen LogP contribution in [0.15, 0.2) is 59.1 Å². The Morgan fingerprint density at radius 2 is 1.97 bits per heavy atom. The summed E-state index contributed by atoms with van der Waals surface area (Å²) in [5.41, 5.74) is 3.59. The largest absolute Gasteiger partial charge is 0.494 e. The highest BCUT2D eigenvalue weighted by atomic mass is 32.2. The molecule has 164 valence electrons. The molecule has 0 bridgehead atoms. The molecule has 0 unspecified atom stereocenters. The molecule has 10 heteroatoms. The standard InChI is InChI=1S/C22H22N6O2S2/c1-4-16-9-5-6-10-18(16)27(15(2)29)21-23-17(13-31-21)14-32-22-24-25-26-28(22)19-11-7-8-12-20(19)30-3/h5-13H,4,14H2,1-3H3. The van der Waals surface area contributed by atoms with Gasteiger partial charge in [-0.05, 0) is 40.6 Å². The molecule has 0 saturated carbocycles. The SMILES string of the molecule is CCc1ccccc1N(C(C)=O)c1nc(CSc2nnnn2-c2ccccc2OC)cs1. The van der Waals surface area contributed by atoms with Crippen LogP contribution in [0.4, 0.5) is 10.8 Å². The van der Waals surface area contributed by atoms with Gasteiger partial charge in [-0.3, -0.25) is 9.69 Å². The van der Waals surface area contributed by atoms with Crippen molar-refractivity contribution in [3.63, 3.8) is 0 Å². The molecule has 0 atom stereocenters. The third-order valence-corrected chi connectivity index (χ3v) is 6.59. The summed E-state index contributed by atoms with van der Waals surface area (Å²) in [7, 11) is 1.62. The van der Waals surface area contributed by atoms with E-state index in [1.54, 1.807) is 23.6 Å². The van der Waals surface area contributed by atoms with Crippen molar-refractivity contribution in [2.75, 3.05) is 12.0 Å². The van der Waals surface area contributed by atoms with Gasteiger partial charge >= 0.3 is 0 Å². The number of carbonyl (C=O) groups excluding carboxylic acids is 1. The first kappa shape index (κ1) is 22.0. The van der Waals surface area contributed by atoms with Crippen molar-refractivity contribution in [3.05, 3.63) is 65.2 Å². The minimum Gasteiger partial charge on any atom is -0.494 e. The summed E-state index contributed by atoms with van der Waals surface area (Å²) in [4.78, 5) is 18.9. The quantitative estimate of drug-likeness (QED) is 0.349. The third kappa shape index (κ3) is 4.51. The van der Waals surface area contributed by atoms with Gasteiger partial charge < -0.3 is 4.74 Å². The molecule has 0 radical (unpaired) electrons. The molecule has 0 aliphatic rings. The molecule has 0 fully saturated rings. The predicted octanol–water partition coefficient (Wildman–Crippen LogP) is 4.67. The minimum absolute atomic E-state index is 0.0698. The van der Waals surface area contributed by atoms with Crippen molar-refractivity contribution < 1.29 is 9.53 Å². The van der Waals surface area contributed by atoms with Crippen molar-refractivity contribution >= 4 is 39.8 Å². The molecule has 32 heavy (non-hydrogen) atoms. The Morgan fingerprint density at radius 3 is 2.75 bits per heavy atom. The van der Waals surface area contributed by atoms with Crippen molar-refractivity contribution in [2.45, 2.75) is 31.2 Å². The lowest BCUT2D eigenvalue weighted by molar-refractivity contribution is -0.115. The van der Waals surface area contributed by atoms with Crippen molar-refractivity contribution in [1.82, 2.24) is 25.2 Å². The van der Waals surface area contributed by atoms with Crippen LogP contribution in [0.3, 0.4) is 0 Å². The number of thioether (sulfide) groups is 1. The van der Waals surface area contributed by atoms with Gasteiger partial charge in [0.2, 0.25) is 11.1 Å². The highest BCUT2D eigenvalue weighted by Crippen LogP contribution is 2.33. The summed E-state index contributed by atoms with van der Waals surface area (Å²) in [6.45, 7) is 3.64. The van der Waals surface area contributed by atoms with Crippen LogP contribution in [-0.4, -0.2) is 38.2 Å². The van der Waals surface area contributed by atoms with E-state index in [0.717, 1.165) is 29.1 Å². The average Bonchev–Trinajstić information content (AvgIpc) is 3.47. The van der Waals surface area contributed by atoms with Gasteiger partial charge in [-0.25, -0.2) is 4.98 Å². The zero-order chi connectivity index (χ0) is 22.5. The smallest absolute Gasteiger partial charge is 0.230 e. The lowest BCUT2D eigenvalue weighted by Gasteiger charge is -2.20. The van der Waals surface area contributed by atoms with Crippen molar-refractivity contribution in [1.29, 1.82) is 0 Å². The number of benzene rings is 2. The maximum atomic E-state index is 12.5. The van der Waals surface area contributed by atoms with Crippen molar-refractivity contribution in [2.24, 2.45) is 0 Å². The molecule has 4 aromatic rings. The first-order valence-corrected chi connectivity index (χ1v) is 11.9. The van der Waals surface area contributed by atoms with Crippen LogP contribution in [0, 0.1) is 0 Å². The van der Waals surface area contributed by atoms with Gasteiger partial charge in [-0.1, -0.05) is 49.0 Å². The molecule has 0 saturated heterocycles. The van der Waals surface area contributed by atoms with E-state index in [0.29, 0.717) is 21.8 Å². The fraction of sp³-hybridized carbons (Fsp3) is 0.227. The lowest BCUT2D eigenvalue weighted by Crippen LogP contribution is -2.23. The first-order valence-electron chi connectivity index (χ1n) is 10.00. The van der Waals surface area contributed by atoms with Gasteiger partial charge in [0.05, 0.1) is 18.5 Å². The number of methoxy groups -OCH3 is 1. The zero-order valence-corrected chi connectivity index (χ0v) is 19.6. The number of nitrogens with zero attached hydrogens (tertiary/aromatic N) is 6. The molecular formula is C22H22N6O2S2. The molecule has 2 heterocycles. The molecule has 1 amide bonds. The Balaban J connectivity index is 1.55. The molecule has 0 aliphatic carbocycles. The van der Waals surface area contributed by atoms with E-state index in [9.17, 15) is 4.79 Å². The molecule has 4 rings (SSSR count). The molecule has 0 N–H and O–H groups in total. The number of thiazole rings is 1.